The second-order valence-electron chi connectivity index (χ2n) is 7.06. The molecular weight excluding hydrogens is 288 g/mol. The summed E-state index contributed by atoms with van der Waals surface area (Å²) in [6.45, 7) is 4.84. The Balaban J connectivity index is 1.38. The van der Waals surface area contributed by atoms with Crippen molar-refractivity contribution in [3.8, 4) is 0 Å². The minimum absolute atomic E-state index is 0.269. The molecule has 0 N–H and O–H groups in total. The molecule has 5 nitrogen and oxygen atoms in total. The molecule has 1 saturated heterocycles. The summed E-state index contributed by atoms with van der Waals surface area (Å²) in [5.74, 6) is 0.655. The third kappa shape index (κ3) is 4.09. The molecule has 126 valence electrons. The summed E-state index contributed by atoms with van der Waals surface area (Å²) in [4.78, 5) is 23.4. The summed E-state index contributed by atoms with van der Waals surface area (Å²) in [6, 6.07) is 4.76. The van der Waals surface area contributed by atoms with Crippen molar-refractivity contribution in [1.82, 2.24) is 19.7 Å². The van der Waals surface area contributed by atoms with Crippen LogP contribution < -0.4 is 0 Å². The molecule has 1 saturated carbocycles. The van der Waals surface area contributed by atoms with Gasteiger partial charge in [-0.3, -0.25) is 14.7 Å². The maximum Gasteiger partial charge on any atom is 0.225 e. The first-order valence-electron chi connectivity index (χ1n) is 8.70. The summed E-state index contributed by atoms with van der Waals surface area (Å²) in [5, 5.41) is 0. The predicted molar refractivity (Wildman–Crippen MR) is 91.2 cm³/mol. The van der Waals surface area contributed by atoms with Crippen molar-refractivity contribution in [2.75, 3.05) is 46.8 Å². The van der Waals surface area contributed by atoms with Gasteiger partial charge in [0.2, 0.25) is 5.91 Å². The van der Waals surface area contributed by atoms with Crippen LogP contribution >= 0.6 is 0 Å². The number of hydrogen-bond acceptors (Lipinski definition) is 4. The Morgan fingerprint density at radius 1 is 1.17 bits per heavy atom. The Morgan fingerprint density at radius 2 is 1.83 bits per heavy atom. The van der Waals surface area contributed by atoms with Gasteiger partial charge in [-0.2, -0.15) is 0 Å². The van der Waals surface area contributed by atoms with E-state index in [4.69, 9.17) is 0 Å². The van der Waals surface area contributed by atoms with Gasteiger partial charge < -0.3 is 9.80 Å². The van der Waals surface area contributed by atoms with Crippen molar-refractivity contribution in [2.45, 2.75) is 25.3 Å². The molecule has 2 aliphatic rings. The van der Waals surface area contributed by atoms with E-state index in [1.807, 2.05) is 12.4 Å². The van der Waals surface area contributed by atoms with E-state index < -0.39 is 0 Å². The number of nitrogens with zero attached hydrogens (tertiary/aromatic N) is 4. The van der Waals surface area contributed by atoms with Gasteiger partial charge in [0, 0.05) is 57.1 Å². The van der Waals surface area contributed by atoms with E-state index in [0.717, 1.165) is 52.0 Å². The predicted octanol–water partition coefficient (Wildman–Crippen LogP) is 1.11. The highest BCUT2D eigenvalue weighted by Crippen LogP contribution is 2.32. The van der Waals surface area contributed by atoms with Crippen molar-refractivity contribution in [2.24, 2.45) is 5.92 Å². The van der Waals surface area contributed by atoms with Gasteiger partial charge in [0.05, 0.1) is 0 Å². The van der Waals surface area contributed by atoms with Gasteiger partial charge in [-0.15, -0.1) is 0 Å². The quantitative estimate of drug-likeness (QED) is 0.816. The molecule has 0 bridgehead atoms. The molecule has 23 heavy (non-hydrogen) atoms. The molecule has 1 amide bonds. The molecule has 0 spiro atoms. The zero-order valence-electron chi connectivity index (χ0n) is 14.3. The molecule has 0 radical (unpaired) electrons. The second kappa shape index (κ2) is 7.41. The molecule has 2 fully saturated rings. The van der Waals surface area contributed by atoms with Crippen LogP contribution in [0.1, 0.15) is 18.4 Å². The second-order valence-corrected chi connectivity index (χ2v) is 7.06. The van der Waals surface area contributed by atoms with Crippen LogP contribution in [0.5, 0.6) is 0 Å². The van der Waals surface area contributed by atoms with Crippen molar-refractivity contribution in [3.05, 3.63) is 30.1 Å². The molecular formula is C18H28N4O. The lowest BCUT2D eigenvalue weighted by Gasteiger charge is -2.43. The van der Waals surface area contributed by atoms with Crippen molar-refractivity contribution < 1.29 is 4.79 Å². The van der Waals surface area contributed by atoms with E-state index in [1.165, 1.54) is 5.56 Å². The van der Waals surface area contributed by atoms with Crippen LogP contribution in [0, 0.1) is 5.92 Å². The van der Waals surface area contributed by atoms with Crippen LogP contribution in [0.15, 0.2) is 24.5 Å². The standard InChI is InChI=1S/C18H28N4O/c1-20(2)17-13-16(14-17)18(23)22-11-9-21(10-12-22)8-5-15-3-6-19-7-4-15/h3-4,6-7,16-17H,5,8-14H2,1-2H3. The number of pyridine rings is 1. The van der Waals surface area contributed by atoms with Crippen LogP contribution in [0.3, 0.4) is 0 Å². The molecule has 1 aromatic heterocycles. The largest absolute Gasteiger partial charge is 0.340 e. The van der Waals surface area contributed by atoms with Crippen molar-refractivity contribution in [1.29, 1.82) is 0 Å². The first-order valence-corrected chi connectivity index (χ1v) is 8.70. The fourth-order valence-electron chi connectivity index (χ4n) is 3.50. The Hall–Kier alpha value is -1.46. The maximum absolute atomic E-state index is 12.5. The monoisotopic (exact) mass is 316 g/mol. The molecule has 0 unspecified atom stereocenters. The fourth-order valence-corrected chi connectivity index (χ4v) is 3.50. The molecule has 0 aromatic carbocycles. The zero-order chi connectivity index (χ0) is 16.2. The molecule has 2 heterocycles. The van der Waals surface area contributed by atoms with Gasteiger partial charge in [0.25, 0.3) is 0 Å². The van der Waals surface area contributed by atoms with E-state index in [-0.39, 0.29) is 5.92 Å². The van der Waals surface area contributed by atoms with Gasteiger partial charge in [0.1, 0.15) is 0 Å². The van der Waals surface area contributed by atoms with Gasteiger partial charge >= 0.3 is 0 Å². The Bertz CT molecular complexity index is 505. The average Bonchev–Trinajstić information content (AvgIpc) is 2.52. The topological polar surface area (TPSA) is 39.7 Å². The van der Waals surface area contributed by atoms with Crippen LogP contribution in [0.25, 0.3) is 0 Å². The summed E-state index contributed by atoms with van der Waals surface area (Å²) >= 11 is 0. The highest BCUT2D eigenvalue weighted by atomic mass is 16.2. The van der Waals surface area contributed by atoms with E-state index in [1.54, 1.807) is 0 Å². The van der Waals surface area contributed by atoms with Gasteiger partial charge in [-0.05, 0) is 51.1 Å². The minimum Gasteiger partial charge on any atom is -0.340 e. The highest BCUT2D eigenvalue weighted by Gasteiger charge is 2.38. The third-order valence-electron chi connectivity index (χ3n) is 5.34. The number of rotatable bonds is 5. The van der Waals surface area contributed by atoms with Crippen LogP contribution in [-0.2, 0) is 11.2 Å². The lowest BCUT2D eigenvalue weighted by molar-refractivity contribution is -0.142. The van der Waals surface area contributed by atoms with E-state index >= 15 is 0 Å². The third-order valence-corrected chi connectivity index (χ3v) is 5.34. The highest BCUT2D eigenvalue weighted by molar-refractivity contribution is 5.80. The zero-order valence-corrected chi connectivity index (χ0v) is 14.3. The minimum atomic E-state index is 0.269. The number of carbonyl (C=O) groups excluding carboxylic acids is 1. The molecule has 1 aliphatic heterocycles. The lowest BCUT2D eigenvalue weighted by atomic mass is 9.78. The Labute approximate surface area is 139 Å². The van der Waals surface area contributed by atoms with Crippen molar-refractivity contribution >= 4 is 5.91 Å². The number of carbonyl (C=O) groups is 1. The molecule has 1 aromatic rings. The first-order chi connectivity index (χ1) is 11.1. The first kappa shape index (κ1) is 16.4. The SMILES string of the molecule is CN(C)C1CC(C(=O)N2CCN(CCc3ccncc3)CC2)C1. The number of piperazine rings is 1. The van der Waals surface area contributed by atoms with Crippen molar-refractivity contribution in [3.63, 3.8) is 0 Å². The smallest absolute Gasteiger partial charge is 0.225 e. The molecule has 3 rings (SSSR count). The Kier molecular flexibility index (Phi) is 5.28. The fraction of sp³-hybridized carbons (Fsp3) is 0.667. The van der Waals surface area contributed by atoms with E-state index in [2.05, 4.69) is 45.9 Å². The number of amides is 1. The van der Waals surface area contributed by atoms with E-state index in [0.29, 0.717) is 11.9 Å². The number of aromatic nitrogens is 1. The molecule has 5 heteroatoms. The lowest BCUT2D eigenvalue weighted by Crippen LogP contribution is -2.54. The summed E-state index contributed by atoms with van der Waals surface area (Å²) in [5.41, 5.74) is 1.34. The number of hydrogen-bond donors (Lipinski definition) is 0. The van der Waals surface area contributed by atoms with Crippen LogP contribution in [-0.4, -0.2) is 78.5 Å². The van der Waals surface area contributed by atoms with E-state index in [9.17, 15) is 4.79 Å². The van der Waals surface area contributed by atoms with Crippen LogP contribution in [0.4, 0.5) is 0 Å². The van der Waals surface area contributed by atoms with Gasteiger partial charge in [-0.25, -0.2) is 0 Å². The normalized spacial score (nSPS) is 25.4. The van der Waals surface area contributed by atoms with Gasteiger partial charge in [-0.1, -0.05) is 0 Å². The molecule has 0 atom stereocenters. The maximum atomic E-state index is 12.5. The summed E-state index contributed by atoms with van der Waals surface area (Å²) in [6.07, 6.45) is 6.84. The average molecular weight is 316 g/mol. The molecule has 1 aliphatic carbocycles. The summed E-state index contributed by atoms with van der Waals surface area (Å²) < 4.78 is 0. The summed E-state index contributed by atoms with van der Waals surface area (Å²) in [7, 11) is 4.21. The Morgan fingerprint density at radius 3 is 2.43 bits per heavy atom. The van der Waals surface area contributed by atoms with Crippen LogP contribution in [0.2, 0.25) is 0 Å². The van der Waals surface area contributed by atoms with Gasteiger partial charge in [0.15, 0.2) is 0 Å².